The van der Waals surface area contributed by atoms with E-state index in [4.69, 9.17) is 0 Å². The fourth-order valence-electron chi connectivity index (χ4n) is 3.15. The summed E-state index contributed by atoms with van der Waals surface area (Å²) in [6, 6.07) is 9.08. The van der Waals surface area contributed by atoms with Crippen molar-refractivity contribution in [2.45, 2.75) is 44.2 Å². The van der Waals surface area contributed by atoms with Gasteiger partial charge in [-0.15, -0.1) is 0 Å². The van der Waals surface area contributed by atoms with Crippen LogP contribution in [0.15, 0.2) is 40.9 Å². The highest BCUT2D eigenvalue weighted by Crippen LogP contribution is 2.32. The maximum atomic E-state index is 12.4. The molecule has 1 aromatic carbocycles. The zero-order valence-corrected chi connectivity index (χ0v) is 12.5. The molecule has 2 nitrogen and oxygen atoms in total. The number of rotatable bonds is 3. The van der Waals surface area contributed by atoms with E-state index in [1.807, 2.05) is 12.1 Å². The monoisotopic (exact) mass is 319 g/mol. The molecule has 2 heterocycles. The van der Waals surface area contributed by atoms with Crippen molar-refractivity contribution in [1.29, 1.82) is 0 Å². The van der Waals surface area contributed by atoms with Crippen LogP contribution in [0.1, 0.15) is 31.2 Å². The first-order chi connectivity index (χ1) is 9.24. The molecule has 1 amide bonds. The molecule has 2 aliphatic heterocycles. The molecule has 100 valence electrons. The number of hydrogen-bond donors (Lipinski definition) is 0. The largest absolute Gasteiger partial charge is 0.333 e. The molecule has 19 heavy (non-hydrogen) atoms. The van der Waals surface area contributed by atoms with Crippen LogP contribution in [0.4, 0.5) is 0 Å². The van der Waals surface area contributed by atoms with E-state index >= 15 is 0 Å². The number of carbonyl (C=O) groups excluding carboxylic acids is 1. The molecule has 1 saturated heterocycles. The van der Waals surface area contributed by atoms with Crippen LogP contribution in [0.2, 0.25) is 0 Å². The van der Waals surface area contributed by atoms with Gasteiger partial charge in [-0.2, -0.15) is 0 Å². The number of benzene rings is 1. The van der Waals surface area contributed by atoms with Gasteiger partial charge in [-0.25, -0.2) is 0 Å². The molecule has 1 fully saturated rings. The summed E-state index contributed by atoms with van der Waals surface area (Å²) < 4.78 is 1.08. The van der Waals surface area contributed by atoms with E-state index < -0.39 is 0 Å². The van der Waals surface area contributed by atoms with E-state index in [1.54, 1.807) is 0 Å². The average Bonchev–Trinajstić information content (AvgIpc) is 2.67. The molecule has 0 radical (unpaired) electrons. The first-order valence-electron chi connectivity index (χ1n) is 6.96. The fourth-order valence-corrected chi connectivity index (χ4v) is 3.41. The summed E-state index contributed by atoms with van der Waals surface area (Å²) in [6.45, 7) is 0. The van der Waals surface area contributed by atoms with Crippen molar-refractivity contribution in [2.24, 2.45) is 0 Å². The second-order valence-corrected chi connectivity index (χ2v) is 6.31. The smallest absolute Gasteiger partial charge is 0.223 e. The molecule has 3 heteroatoms. The van der Waals surface area contributed by atoms with E-state index in [-0.39, 0.29) is 0 Å². The van der Waals surface area contributed by atoms with Gasteiger partial charge in [-0.1, -0.05) is 40.2 Å². The van der Waals surface area contributed by atoms with Gasteiger partial charge in [0.25, 0.3) is 0 Å². The van der Waals surface area contributed by atoms with Crippen LogP contribution in [-0.2, 0) is 11.2 Å². The molecule has 0 saturated carbocycles. The molecule has 3 rings (SSSR count). The van der Waals surface area contributed by atoms with Crippen LogP contribution in [-0.4, -0.2) is 22.9 Å². The number of fused-ring (bicyclic) bond motifs is 2. The maximum Gasteiger partial charge on any atom is 0.223 e. The second kappa shape index (κ2) is 5.49. The van der Waals surface area contributed by atoms with Crippen LogP contribution in [0.5, 0.6) is 0 Å². The summed E-state index contributed by atoms with van der Waals surface area (Å²) in [5.41, 5.74) is 1.23. The number of aryl methyl sites for hydroxylation is 1. The standard InChI is InChI=1S/C16H18BrNO/c17-13-7-4-12(5-8-13)6-11-16(19)18-14-2-1-3-15(18)10-9-14/h1-2,4-5,7-8,14-15H,3,6,9-11H2. The Morgan fingerprint density at radius 2 is 2.05 bits per heavy atom. The summed E-state index contributed by atoms with van der Waals surface area (Å²) in [7, 11) is 0. The lowest BCUT2D eigenvalue weighted by molar-refractivity contribution is -0.133. The molecule has 0 aliphatic carbocycles. The molecule has 1 aromatic rings. The zero-order valence-electron chi connectivity index (χ0n) is 10.9. The summed E-state index contributed by atoms with van der Waals surface area (Å²) >= 11 is 3.43. The quantitative estimate of drug-likeness (QED) is 0.778. The number of hydrogen-bond acceptors (Lipinski definition) is 1. The molecule has 0 aromatic heterocycles. The fraction of sp³-hybridized carbons (Fsp3) is 0.438. The van der Waals surface area contributed by atoms with Crippen molar-refractivity contribution in [2.75, 3.05) is 0 Å². The second-order valence-electron chi connectivity index (χ2n) is 5.39. The van der Waals surface area contributed by atoms with Crippen molar-refractivity contribution in [3.05, 3.63) is 46.5 Å². The van der Waals surface area contributed by atoms with Crippen molar-refractivity contribution in [3.63, 3.8) is 0 Å². The molecule has 2 bridgehead atoms. The lowest BCUT2D eigenvalue weighted by Gasteiger charge is -2.31. The van der Waals surface area contributed by atoms with Gasteiger partial charge >= 0.3 is 0 Å². The van der Waals surface area contributed by atoms with Gasteiger partial charge in [0.05, 0.1) is 6.04 Å². The van der Waals surface area contributed by atoms with Crippen LogP contribution < -0.4 is 0 Å². The van der Waals surface area contributed by atoms with Gasteiger partial charge in [-0.3, -0.25) is 4.79 Å². The number of nitrogens with zero attached hydrogens (tertiary/aromatic N) is 1. The Kier molecular flexibility index (Phi) is 3.74. The predicted molar refractivity (Wildman–Crippen MR) is 79.9 cm³/mol. The highest BCUT2D eigenvalue weighted by atomic mass is 79.9. The van der Waals surface area contributed by atoms with Crippen LogP contribution >= 0.6 is 15.9 Å². The minimum atomic E-state index is 0.319. The first-order valence-corrected chi connectivity index (χ1v) is 7.75. The summed E-state index contributed by atoms with van der Waals surface area (Å²) in [4.78, 5) is 14.5. The Hall–Kier alpha value is -1.09. The van der Waals surface area contributed by atoms with Gasteiger partial charge in [0, 0.05) is 16.9 Å². The molecule has 0 spiro atoms. The minimum absolute atomic E-state index is 0.319. The van der Waals surface area contributed by atoms with Crippen molar-refractivity contribution < 1.29 is 4.79 Å². The summed E-state index contributed by atoms with van der Waals surface area (Å²) in [6.07, 6.45) is 9.27. The van der Waals surface area contributed by atoms with Gasteiger partial charge < -0.3 is 4.90 Å². The Labute approximate surface area is 122 Å². The molecular formula is C16H18BrNO. The molecule has 2 aliphatic rings. The number of halogens is 1. The third-order valence-corrected chi connectivity index (χ3v) is 4.67. The van der Waals surface area contributed by atoms with Crippen molar-refractivity contribution in [1.82, 2.24) is 4.90 Å². The normalized spacial score (nSPS) is 24.8. The Bertz CT molecular complexity index is 494. The van der Waals surface area contributed by atoms with Gasteiger partial charge in [-0.05, 0) is 43.4 Å². The number of amides is 1. The molecular weight excluding hydrogens is 302 g/mol. The Morgan fingerprint density at radius 1 is 1.26 bits per heavy atom. The minimum Gasteiger partial charge on any atom is -0.333 e. The summed E-state index contributed by atoms with van der Waals surface area (Å²) in [5.74, 6) is 0.319. The van der Waals surface area contributed by atoms with E-state index in [2.05, 4.69) is 45.1 Å². The van der Waals surface area contributed by atoms with Crippen molar-refractivity contribution in [3.8, 4) is 0 Å². The average molecular weight is 320 g/mol. The Morgan fingerprint density at radius 3 is 2.79 bits per heavy atom. The van der Waals surface area contributed by atoms with Crippen molar-refractivity contribution >= 4 is 21.8 Å². The summed E-state index contributed by atoms with van der Waals surface area (Å²) in [5, 5.41) is 0. The zero-order chi connectivity index (χ0) is 13.2. The van der Waals surface area contributed by atoms with E-state index in [0.717, 1.165) is 23.7 Å². The third-order valence-electron chi connectivity index (χ3n) is 4.14. The van der Waals surface area contributed by atoms with E-state index in [0.29, 0.717) is 24.4 Å². The molecule has 2 atom stereocenters. The number of carbonyl (C=O) groups is 1. The van der Waals surface area contributed by atoms with E-state index in [9.17, 15) is 4.79 Å². The highest BCUT2D eigenvalue weighted by Gasteiger charge is 2.36. The third kappa shape index (κ3) is 2.76. The predicted octanol–water partition coefficient (Wildman–Crippen LogP) is 3.70. The molecule has 0 N–H and O–H groups in total. The SMILES string of the molecule is O=C(CCc1ccc(Br)cc1)N1C2C=CCC1CC2. The topological polar surface area (TPSA) is 20.3 Å². The first kappa shape index (κ1) is 12.9. The molecule has 2 unspecified atom stereocenters. The maximum absolute atomic E-state index is 12.4. The highest BCUT2D eigenvalue weighted by molar-refractivity contribution is 9.10. The Balaban J connectivity index is 1.60. The van der Waals surface area contributed by atoms with Gasteiger partial charge in [0.1, 0.15) is 0 Å². The van der Waals surface area contributed by atoms with E-state index in [1.165, 1.54) is 12.0 Å². The van der Waals surface area contributed by atoms with Crippen LogP contribution in [0, 0.1) is 0 Å². The van der Waals surface area contributed by atoms with Gasteiger partial charge in [0.15, 0.2) is 0 Å². The lowest BCUT2D eigenvalue weighted by atomic mass is 10.1. The van der Waals surface area contributed by atoms with Crippen LogP contribution in [0.3, 0.4) is 0 Å². The lowest BCUT2D eigenvalue weighted by Crippen LogP contribution is -2.42. The van der Waals surface area contributed by atoms with Gasteiger partial charge in [0.2, 0.25) is 5.91 Å². The van der Waals surface area contributed by atoms with Crippen LogP contribution in [0.25, 0.3) is 0 Å².